The number of hydrogen-bond donors (Lipinski definition) is 2. The van der Waals surface area contributed by atoms with Crippen LogP contribution in [0.2, 0.25) is 0 Å². The Balaban J connectivity index is 1.33. The minimum atomic E-state index is -0.0713. The molecule has 7 nitrogen and oxygen atoms in total. The predicted molar refractivity (Wildman–Crippen MR) is 102 cm³/mol. The molecule has 0 spiro atoms. The highest BCUT2D eigenvalue weighted by molar-refractivity contribution is 5.77. The van der Waals surface area contributed by atoms with Crippen LogP contribution in [0.5, 0.6) is 0 Å². The van der Waals surface area contributed by atoms with Gasteiger partial charge in [-0.1, -0.05) is 24.3 Å². The van der Waals surface area contributed by atoms with Crippen molar-refractivity contribution in [2.75, 3.05) is 0 Å². The van der Waals surface area contributed by atoms with Crippen LogP contribution < -0.4 is 5.32 Å². The van der Waals surface area contributed by atoms with Crippen LogP contribution in [-0.2, 0) is 11.2 Å². The Morgan fingerprint density at radius 2 is 2.00 bits per heavy atom. The van der Waals surface area contributed by atoms with Gasteiger partial charge in [0.1, 0.15) is 18.5 Å². The molecule has 0 bridgehead atoms. The second kappa shape index (κ2) is 7.41. The second-order valence-electron chi connectivity index (χ2n) is 6.42. The molecule has 2 heterocycles. The number of fused-ring (bicyclic) bond motifs is 1. The maximum atomic E-state index is 12.3. The van der Waals surface area contributed by atoms with Crippen LogP contribution in [0.3, 0.4) is 0 Å². The van der Waals surface area contributed by atoms with E-state index in [0.29, 0.717) is 12.8 Å². The van der Waals surface area contributed by atoms with Crippen molar-refractivity contribution in [2.45, 2.75) is 25.8 Å². The number of imidazole rings is 1. The number of aryl methyl sites for hydroxylation is 1. The van der Waals surface area contributed by atoms with E-state index in [9.17, 15) is 4.79 Å². The van der Waals surface area contributed by atoms with Gasteiger partial charge in [-0.3, -0.25) is 4.79 Å². The minimum absolute atomic E-state index is 0.00306. The van der Waals surface area contributed by atoms with Gasteiger partial charge in [0.15, 0.2) is 0 Å². The quantitative estimate of drug-likeness (QED) is 0.553. The number of rotatable bonds is 6. The van der Waals surface area contributed by atoms with Gasteiger partial charge in [0.05, 0.1) is 22.8 Å². The van der Waals surface area contributed by atoms with Crippen LogP contribution in [-0.4, -0.2) is 30.6 Å². The van der Waals surface area contributed by atoms with Crippen LogP contribution in [0.4, 0.5) is 0 Å². The number of hydrogen-bond acceptors (Lipinski definition) is 4. The van der Waals surface area contributed by atoms with Gasteiger partial charge in [-0.15, -0.1) is 0 Å². The standard InChI is InChI=1S/C20H20N6O/c1-14(15-6-8-16(9-7-15)26-13-21-12-22-26)23-20(27)11-10-19-24-17-4-2-3-5-18(17)25-19/h2-9,12-14H,10-11H2,1H3,(H,23,27)(H,24,25). The fourth-order valence-corrected chi connectivity index (χ4v) is 3.01. The van der Waals surface area contributed by atoms with E-state index in [1.165, 1.54) is 6.33 Å². The normalized spacial score (nSPS) is 12.2. The van der Waals surface area contributed by atoms with Crippen molar-refractivity contribution in [3.05, 3.63) is 72.6 Å². The zero-order valence-electron chi connectivity index (χ0n) is 15.0. The molecule has 0 aliphatic rings. The molecule has 1 amide bonds. The zero-order valence-corrected chi connectivity index (χ0v) is 15.0. The lowest BCUT2D eigenvalue weighted by Gasteiger charge is -2.14. The van der Waals surface area contributed by atoms with E-state index < -0.39 is 0 Å². The van der Waals surface area contributed by atoms with Gasteiger partial charge < -0.3 is 10.3 Å². The van der Waals surface area contributed by atoms with E-state index in [2.05, 4.69) is 25.4 Å². The largest absolute Gasteiger partial charge is 0.350 e. The van der Waals surface area contributed by atoms with Crippen molar-refractivity contribution in [2.24, 2.45) is 0 Å². The molecule has 136 valence electrons. The number of aromatic nitrogens is 5. The molecular formula is C20H20N6O. The lowest BCUT2D eigenvalue weighted by atomic mass is 10.1. The van der Waals surface area contributed by atoms with Gasteiger partial charge in [0, 0.05) is 12.8 Å². The molecule has 4 rings (SSSR count). The van der Waals surface area contributed by atoms with Crippen molar-refractivity contribution in [1.29, 1.82) is 0 Å². The summed E-state index contributed by atoms with van der Waals surface area (Å²) in [4.78, 5) is 24.0. The van der Waals surface area contributed by atoms with Crippen LogP contribution in [0.25, 0.3) is 16.7 Å². The Bertz CT molecular complexity index is 1000. The average Bonchev–Trinajstić information content (AvgIpc) is 3.36. The Morgan fingerprint density at radius 1 is 1.19 bits per heavy atom. The highest BCUT2D eigenvalue weighted by Gasteiger charge is 2.11. The first-order chi connectivity index (χ1) is 13.2. The summed E-state index contributed by atoms with van der Waals surface area (Å²) < 4.78 is 1.69. The third-order valence-electron chi connectivity index (χ3n) is 4.48. The number of carbonyl (C=O) groups is 1. The zero-order chi connectivity index (χ0) is 18.6. The SMILES string of the molecule is CC(NC(=O)CCc1nc2ccccc2[nH]1)c1ccc(-n2cncn2)cc1. The number of aromatic amines is 1. The monoisotopic (exact) mass is 360 g/mol. The molecule has 0 radical (unpaired) electrons. The maximum absolute atomic E-state index is 12.3. The van der Waals surface area contributed by atoms with Gasteiger partial charge in [0.2, 0.25) is 5.91 Å². The number of H-pyrrole nitrogens is 1. The van der Waals surface area contributed by atoms with E-state index in [4.69, 9.17) is 0 Å². The summed E-state index contributed by atoms with van der Waals surface area (Å²) in [5.74, 6) is 0.833. The van der Waals surface area contributed by atoms with Crippen molar-refractivity contribution in [3.63, 3.8) is 0 Å². The predicted octanol–water partition coefficient (Wildman–Crippen LogP) is 2.95. The van der Waals surface area contributed by atoms with E-state index in [-0.39, 0.29) is 11.9 Å². The summed E-state index contributed by atoms with van der Waals surface area (Å²) in [6.45, 7) is 1.98. The number of amides is 1. The topological polar surface area (TPSA) is 88.5 Å². The molecule has 0 fully saturated rings. The van der Waals surface area contributed by atoms with Crippen LogP contribution in [0, 0.1) is 0 Å². The van der Waals surface area contributed by atoms with Crippen molar-refractivity contribution >= 4 is 16.9 Å². The molecule has 4 aromatic rings. The van der Waals surface area contributed by atoms with E-state index in [1.54, 1.807) is 11.0 Å². The summed E-state index contributed by atoms with van der Waals surface area (Å²) in [7, 11) is 0. The number of nitrogens with one attached hydrogen (secondary N) is 2. The molecule has 2 aromatic carbocycles. The van der Waals surface area contributed by atoms with Gasteiger partial charge in [0.25, 0.3) is 0 Å². The minimum Gasteiger partial charge on any atom is -0.350 e. The molecule has 2 N–H and O–H groups in total. The molecule has 0 aliphatic carbocycles. The molecule has 1 unspecified atom stereocenters. The summed E-state index contributed by atoms with van der Waals surface area (Å²) in [6.07, 6.45) is 4.12. The summed E-state index contributed by atoms with van der Waals surface area (Å²) in [5, 5.41) is 7.14. The highest BCUT2D eigenvalue weighted by atomic mass is 16.1. The number of para-hydroxylation sites is 2. The first-order valence-corrected chi connectivity index (χ1v) is 8.87. The molecule has 2 aromatic heterocycles. The molecular weight excluding hydrogens is 340 g/mol. The molecule has 1 atom stereocenters. The number of carbonyl (C=O) groups excluding carboxylic acids is 1. The second-order valence-corrected chi connectivity index (χ2v) is 6.42. The average molecular weight is 360 g/mol. The molecule has 0 aliphatic heterocycles. The third-order valence-corrected chi connectivity index (χ3v) is 4.48. The number of nitrogens with zero attached hydrogens (tertiary/aromatic N) is 4. The Labute approximate surface area is 156 Å². The summed E-state index contributed by atoms with van der Waals surface area (Å²) in [5.41, 5.74) is 3.89. The van der Waals surface area contributed by atoms with Gasteiger partial charge in [-0.05, 0) is 36.8 Å². The van der Waals surface area contributed by atoms with Crippen LogP contribution in [0.1, 0.15) is 30.8 Å². The van der Waals surface area contributed by atoms with Gasteiger partial charge in [-0.25, -0.2) is 14.6 Å². The Morgan fingerprint density at radius 3 is 2.74 bits per heavy atom. The molecule has 0 saturated carbocycles. The van der Waals surface area contributed by atoms with Crippen molar-refractivity contribution < 1.29 is 4.79 Å². The summed E-state index contributed by atoms with van der Waals surface area (Å²) >= 11 is 0. The van der Waals surface area contributed by atoms with Crippen LogP contribution in [0.15, 0.2) is 61.2 Å². The third kappa shape index (κ3) is 3.87. The van der Waals surface area contributed by atoms with Crippen LogP contribution >= 0.6 is 0 Å². The smallest absolute Gasteiger partial charge is 0.220 e. The van der Waals surface area contributed by atoms with E-state index in [1.807, 2.05) is 55.5 Å². The molecule has 27 heavy (non-hydrogen) atoms. The Kier molecular flexibility index (Phi) is 4.65. The fraction of sp³-hybridized carbons (Fsp3) is 0.200. The Hall–Kier alpha value is -3.48. The lowest BCUT2D eigenvalue weighted by molar-refractivity contribution is -0.121. The van der Waals surface area contributed by atoms with Crippen molar-refractivity contribution in [1.82, 2.24) is 30.0 Å². The van der Waals surface area contributed by atoms with Gasteiger partial charge in [-0.2, -0.15) is 5.10 Å². The van der Waals surface area contributed by atoms with E-state index in [0.717, 1.165) is 28.1 Å². The highest BCUT2D eigenvalue weighted by Crippen LogP contribution is 2.16. The maximum Gasteiger partial charge on any atom is 0.220 e. The first-order valence-electron chi connectivity index (χ1n) is 8.87. The fourth-order valence-electron chi connectivity index (χ4n) is 3.01. The lowest BCUT2D eigenvalue weighted by Crippen LogP contribution is -2.26. The molecule has 0 saturated heterocycles. The first kappa shape index (κ1) is 17.0. The number of benzene rings is 2. The molecule has 7 heteroatoms. The summed E-state index contributed by atoms with van der Waals surface area (Å²) in [6, 6.07) is 15.7. The van der Waals surface area contributed by atoms with E-state index >= 15 is 0 Å². The van der Waals surface area contributed by atoms with Gasteiger partial charge >= 0.3 is 0 Å². The van der Waals surface area contributed by atoms with Crippen molar-refractivity contribution in [3.8, 4) is 5.69 Å².